The van der Waals surface area contributed by atoms with E-state index in [2.05, 4.69) is 26.7 Å². The van der Waals surface area contributed by atoms with Crippen LogP contribution in [0.2, 0.25) is 0 Å². The van der Waals surface area contributed by atoms with Crippen molar-refractivity contribution in [3.63, 3.8) is 0 Å². The van der Waals surface area contributed by atoms with Crippen LogP contribution in [0.15, 0.2) is 83.2 Å². The molecule has 22 heavy (non-hydrogen) atoms. The normalized spacial score (nSPS) is 10.9. The third kappa shape index (κ3) is 2.35. The Kier molecular flexibility index (Phi) is 3.33. The minimum absolute atomic E-state index is 0.866. The lowest BCUT2D eigenvalue weighted by Gasteiger charge is -2.07. The molecule has 5 heteroatoms. The van der Waals surface area contributed by atoms with E-state index in [0.29, 0.717) is 0 Å². The smallest absolute Gasteiger partial charge is 0.179 e. The number of pyridine rings is 2. The van der Waals surface area contributed by atoms with Gasteiger partial charge in [0.1, 0.15) is 5.52 Å². The molecule has 0 fully saturated rings. The third-order valence-electron chi connectivity index (χ3n) is 3.26. The molecular formula is C17H12N4S. The van der Waals surface area contributed by atoms with Crippen LogP contribution in [0.5, 0.6) is 0 Å². The van der Waals surface area contributed by atoms with Crippen molar-refractivity contribution in [3.8, 4) is 5.69 Å². The van der Waals surface area contributed by atoms with E-state index in [0.717, 1.165) is 26.9 Å². The summed E-state index contributed by atoms with van der Waals surface area (Å²) in [6, 6.07) is 18.0. The van der Waals surface area contributed by atoms with Gasteiger partial charge in [-0.2, -0.15) is 0 Å². The Hall–Kier alpha value is -2.66. The maximum atomic E-state index is 4.73. The summed E-state index contributed by atoms with van der Waals surface area (Å²) >= 11 is 1.61. The average Bonchev–Trinajstić information content (AvgIpc) is 2.94. The molecular weight excluding hydrogens is 292 g/mol. The minimum Gasteiger partial charge on any atom is -0.271 e. The van der Waals surface area contributed by atoms with E-state index in [1.165, 1.54) is 0 Å². The van der Waals surface area contributed by atoms with Crippen LogP contribution in [0.3, 0.4) is 0 Å². The second-order valence-electron chi connectivity index (χ2n) is 4.70. The van der Waals surface area contributed by atoms with Crippen molar-refractivity contribution >= 4 is 22.9 Å². The number of rotatable bonds is 3. The summed E-state index contributed by atoms with van der Waals surface area (Å²) in [5, 5.41) is 0.895. The summed E-state index contributed by atoms with van der Waals surface area (Å²) in [6.07, 6.45) is 5.37. The molecule has 1 aromatic carbocycles. The molecule has 4 nitrogen and oxygen atoms in total. The van der Waals surface area contributed by atoms with E-state index in [9.17, 15) is 0 Å². The molecule has 3 heterocycles. The van der Waals surface area contributed by atoms with Gasteiger partial charge in [0.15, 0.2) is 10.8 Å². The molecule has 4 aromatic rings. The molecule has 0 saturated heterocycles. The third-order valence-corrected chi connectivity index (χ3v) is 4.22. The highest BCUT2D eigenvalue weighted by atomic mass is 32.2. The van der Waals surface area contributed by atoms with Gasteiger partial charge in [-0.1, -0.05) is 30.0 Å². The predicted octanol–water partition coefficient (Wildman–Crippen LogP) is 3.97. The summed E-state index contributed by atoms with van der Waals surface area (Å²) in [7, 11) is 0. The average molecular weight is 304 g/mol. The molecule has 0 aliphatic heterocycles. The van der Waals surface area contributed by atoms with Crippen molar-refractivity contribution in [2.45, 2.75) is 10.1 Å². The van der Waals surface area contributed by atoms with Gasteiger partial charge < -0.3 is 0 Å². The van der Waals surface area contributed by atoms with Gasteiger partial charge in [0, 0.05) is 29.2 Å². The Morgan fingerprint density at radius 3 is 2.45 bits per heavy atom. The van der Waals surface area contributed by atoms with Crippen molar-refractivity contribution in [2.75, 3.05) is 0 Å². The Balaban J connectivity index is 1.90. The number of hydrogen-bond donors (Lipinski definition) is 0. The van der Waals surface area contributed by atoms with Crippen LogP contribution in [0.4, 0.5) is 0 Å². The van der Waals surface area contributed by atoms with Gasteiger partial charge in [0.25, 0.3) is 0 Å². The highest BCUT2D eigenvalue weighted by Crippen LogP contribution is 2.31. The molecule has 0 N–H and O–H groups in total. The first kappa shape index (κ1) is 13.0. The molecule has 0 atom stereocenters. The molecule has 0 spiro atoms. The van der Waals surface area contributed by atoms with E-state index in [-0.39, 0.29) is 0 Å². The summed E-state index contributed by atoms with van der Waals surface area (Å²) in [6.45, 7) is 0. The Labute approximate surface area is 131 Å². The van der Waals surface area contributed by atoms with E-state index >= 15 is 0 Å². The zero-order valence-electron chi connectivity index (χ0n) is 11.6. The number of para-hydroxylation sites is 1. The number of nitrogens with zero attached hydrogens (tertiary/aromatic N) is 4. The number of imidazole rings is 1. The van der Waals surface area contributed by atoms with Gasteiger partial charge in [-0.3, -0.25) is 9.55 Å². The SMILES string of the molecule is c1ccc(-n2c(Sc3ccncc3)nc3cccnc32)cc1. The van der Waals surface area contributed by atoms with Crippen LogP contribution < -0.4 is 0 Å². The molecule has 0 saturated carbocycles. The number of aromatic nitrogens is 4. The molecule has 0 aliphatic rings. The lowest BCUT2D eigenvalue weighted by molar-refractivity contribution is 0.909. The summed E-state index contributed by atoms with van der Waals surface area (Å²) in [4.78, 5) is 14.4. The Morgan fingerprint density at radius 2 is 1.64 bits per heavy atom. The number of fused-ring (bicyclic) bond motifs is 1. The Morgan fingerprint density at radius 1 is 0.818 bits per heavy atom. The minimum atomic E-state index is 0.866. The molecule has 0 bridgehead atoms. The summed E-state index contributed by atoms with van der Waals surface area (Å²) < 4.78 is 2.08. The molecule has 106 valence electrons. The van der Waals surface area contributed by atoms with E-state index < -0.39 is 0 Å². The van der Waals surface area contributed by atoms with Gasteiger partial charge in [-0.05, 0) is 36.4 Å². The van der Waals surface area contributed by atoms with Crippen LogP contribution in [-0.4, -0.2) is 19.5 Å². The first-order valence-corrected chi connectivity index (χ1v) is 7.70. The monoisotopic (exact) mass is 304 g/mol. The lowest BCUT2D eigenvalue weighted by atomic mass is 10.3. The fourth-order valence-electron chi connectivity index (χ4n) is 2.28. The zero-order chi connectivity index (χ0) is 14.8. The molecule has 0 amide bonds. The molecule has 0 unspecified atom stereocenters. The van der Waals surface area contributed by atoms with E-state index in [4.69, 9.17) is 4.98 Å². The van der Waals surface area contributed by atoms with Crippen LogP contribution >= 0.6 is 11.8 Å². The highest BCUT2D eigenvalue weighted by molar-refractivity contribution is 7.99. The topological polar surface area (TPSA) is 43.6 Å². The van der Waals surface area contributed by atoms with Gasteiger partial charge in [0.05, 0.1) is 0 Å². The maximum absolute atomic E-state index is 4.73. The number of hydrogen-bond acceptors (Lipinski definition) is 4. The first-order chi connectivity index (χ1) is 10.9. The van der Waals surface area contributed by atoms with Crippen LogP contribution in [0.25, 0.3) is 16.9 Å². The van der Waals surface area contributed by atoms with Crippen LogP contribution in [0.1, 0.15) is 0 Å². The molecule has 0 radical (unpaired) electrons. The fourth-order valence-corrected chi connectivity index (χ4v) is 3.18. The second kappa shape index (κ2) is 5.61. The van der Waals surface area contributed by atoms with Gasteiger partial charge in [0.2, 0.25) is 0 Å². The summed E-state index contributed by atoms with van der Waals surface area (Å²) in [5.74, 6) is 0. The zero-order valence-corrected chi connectivity index (χ0v) is 12.4. The lowest BCUT2D eigenvalue weighted by Crippen LogP contribution is -1.97. The van der Waals surface area contributed by atoms with Crippen molar-refractivity contribution < 1.29 is 0 Å². The van der Waals surface area contributed by atoms with E-state index in [1.807, 2.05) is 42.5 Å². The van der Waals surface area contributed by atoms with Crippen LogP contribution in [-0.2, 0) is 0 Å². The number of benzene rings is 1. The van der Waals surface area contributed by atoms with Gasteiger partial charge in [-0.25, -0.2) is 9.97 Å². The highest BCUT2D eigenvalue weighted by Gasteiger charge is 2.14. The van der Waals surface area contributed by atoms with Gasteiger partial charge in [-0.15, -0.1) is 0 Å². The first-order valence-electron chi connectivity index (χ1n) is 6.88. The maximum Gasteiger partial charge on any atom is 0.179 e. The largest absolute Gasteiger partial charge is 0.271 e. The quantitative estimate of drug-likeness (QED) is 0.574. The van der Waals surface area contributed by atoms with Gasteiger partial charge >= 0.3 is 0 Å². The predicted molar refractivity (Wildman–Crippen MR) is 87.2 cm³/mol. The molecule has 0 aliphatic carbocycles. The fraction of sp³-hybridized carbons (Fsp3) is 0. The molecule has 3 aromatic heterocycles. The van der Waals surface area contributed by atoms with Crippen molar-refractivity contribution in [2.24, 2.45) is 0 Å². The Bertz CT molecular complexity index is 904. The van der Waals surface area contributed by atoms with Crippen LogP contribution in [0, 0.1) is 0 Å². The van der Waals surface area contributed by atoms with E-state index in [1.54, 1.807) is 30.4 Å². The van der Waals surface area contributed by atoms with Crippen molar-refractivity contribution in [3.05, 3.63) is 73.2 Å². The van der Waals surface area contributed by atoms with Crippen molar-refractivity contribution in [1.29, 1.82) is 0 Å². The molecule has 4 rings (SSSR count). The standard InChI is InChI=1S/C17H12N4S/c1-2-5-13(6-3-1)21-16-15(7-4-10-19-16)20-17(21)22-14-8-11-18-12-9-14/h1-12H. The second-order valence-corrected chi connectivity index (χ2v) is 5.74. The van der Waals surface area contributed by atoms with Crippen molar-refractivity contribution in [1.82, 2.24) is 19.5 Å². The summed E-state index contributed by atoms with van der Waals surface area (Å²) in [5.41, 5.74) is 2.81.